The van der Waals surface area contributed by atoms with Crippen LogP contribution in [0.5, 0.6) is 0 Å². The number of hydrogen-bond acceptors (Lipinski definition) is 3. The van der Waals surface area contributed by atoms with E-state index in [9.17, 15) is 0 Å². The molecule has 3 heteroatoms. The average Bonchev–Trinajstić information content (AvgIpc) is 2.18. The van der Waals surface area contributed by atoms with E-state index in [2.05, 4.69) is 13.0 Å². The van der Waals surface area contributed by atoms with Crippen molar-refractivity contribution >= 4 is 17.4 Å². The van der Waals surface area contributed by atoms with Crippen LogP contribution in [0.15, 0.2) is 23.1 Å². The lowest BCUT2D eigenvalue weighted by molar-refractivity contribution is 0.980. The van der Waals surface area contributed by atoms with Gasteiger partial charge in [0.2, 0.25) is 0 Å². The van der Waals surface area contributed by atoms with E-state index in [4.69, 9.17) is 11.0 Å². The highest BCUT2D eigenvalue weighted by molar-refractivity contribution is 7.99. The van der Waals surface area contributed by atoms with Crippen LogP contribution in [0.3, 0.4) is 0 Å². The molecule has 0 heterocycles. The zero-order valence-corrected chi connectivity index (χ0v) is 9.10. The third kappa shape index (κ3) is 3.31. The maximum Gasteiger partial charge on any atom is 0.0622 e. The number of nitrogens with two attached hydrogens (primary N) is 1. The number of benzene rings is 1. The predicted octanol–water partition coefficient (Wildman–Crippen LogP) is 2.97. The van der Waals surface area contributed by atoms with Gasteiger partial charge in [-0.2, -0.15) is 5.26 Å². The van der Waals surface area contributed by atoms with Gasteiger partial charge in [-0.3, -0.25) is 0 Å². The first kappa shape index (κ1) is 10.9. The number of aryl methyl sites for hydroxylation is 1. The monoisotopic (exact) mass is 206 g/mol. The summed E-state index contributed by atoms with van der Waals surface area (Å²) in [5, 5.41) is 8.38. The Morgan fingerprint density at radius 2 is 2.29 bits per heavy atom. The molecule has 14 heavy (non-hydrogen) atoms. The number of unbranched alkanes of at least 4 members (excludes halogenated alkanes) is 1. The quantitative estimate of drug-likeness (QED) is 0.468. The molecule has 1 rings (SSSR count). The topological polar surface area (TPSA) is 49.8 Å². The second kappa shape index (κ2) is 5.56. The minimum absolute atomic E-state index is 0.633. The SMILES string of the molecule is Cc1ccc(N)cc1SCCCC#N. The summed E-state index contributed by atoms with van der Waals surface area (Å²) in [5.41, 5.74) is 7.75. The summed E-state index contributed by atoms with van der Waals surface area (Å²) in [7, 11) is 0. The highest BCUT2D eigenvalue weighted by Gasteiger charge is 1.99. The number of thioether (sulfide) groups is 1. The molecule has 2 N–H and O–H groups in total. The fourth-order valence-electron chi connectivity index (χ4n) is 1.11. The van der Waals surface area contributed by atoms with Gasteiger partial charge in [0.25, 0.3) is 0 Å². The normalized spacial score (nSPS) is 9.71. The van der Waals surface area contributed by atoms with Gasteiger partial charge >= 0.3 is 0 Å². The van der Waals surface area contributed by atoms with Gasteiger partial charge in [-0.25, -0.2) is 0 Å². The number of nitriles is 1. The Balaban J connectivity index is 2.50. The summed E-state index contributed by atoms with van der Waals surface area (Å²) in [4.78, 5) is 1.22. The fourth-order valence-corrected chi connectivity index (χ4v) is 2.13. The van der Waals surface area contributed by atoms with Gasteiger partial charge in [0, 0.05) is 17.0 Å². The molecule has 1 aromatic rings. The second-order valence-electron chi connectivity index (χ2n) is 3.14. The summed E-state index contributed by atoms with van der Waals surface area (Å²) in [6.07, 6.45) is 1.57. The fraction of sp³-hybridized carbons (Fsp3) is 0.364. The minimum Gasteiger partial charge on any atom is -0.399 e. The molecule has 0 fully saturated rings. The Hall–Kier alpha value is -1.14. The van der Waals surface area contributed by atoms with Crippen LogP contribution in [0.2, 0.25) is 0 Å². The third-order valence-corrected chi connectivity index (χ3v) is 3.15. The Morgan fingerprint density at radius 1 is 1.50 bits per heavy atom. The standard InChI is InChI=1S/C11H14N2S/c1-9-4-5-10(13)8-11(9)14-7-3-2-6-12/h4-5,8H,2-3,7,13H2,1H3. The summed E-state index contributed by atoms with van der Waals surface area (Å²) in [5.74, 6) is 0.984. The molecule has 1 aromatic carbocycles. The number of nitrogens with zero attached hydrogens (tertiary/aromatic N) is 1. The van der Waals surface area contributed by atoms with E-state index in [1.165, 1.54) is 10.5 Å². The third-order valence-electron chi connectivity index (χ3n) is 1.90. The first-order valence-electron chi connectivity index (χ1n) is 4.60. The number of anilines is 1. The molecule has 0 radical (unpaired) electrons. The van der Waals surface area contributed by atoms with Gasteiger partial charge in [0.1, 0.15) is 0 Å². The van der Waals surface area contributed by atoms with Gasteiger partial charge in [-0.05, 0) is 36.8 Å². The summed E-state index contributed by atoms with van der Waals surface area (Å²) in [6.45, 7) is 2.08. The molecule has 0 saturated carbocycles. The van der Waals surface area contributed by atoms with E-state index in [1.54, 1.807) is 11.8 Å². The highest BCUT2D eigenvalue weighted by Crippen LogP contribution is 2.25. The smallest absolute Gasteiger partial charge is 0.0622 e. The Bertz CT molecular complexity index is 342. The van der Waals surface area contributed by atoms with Crippen molar-refractivity contribution < 1.29 is 0 Å². The Labute approximate surface area is 89.1 Å². The first-order valence-corrected chi connectivity index (χ1v) is 5.58. The van der Waals surface area contributed by atoms with Crippen LogP contribution in [0.4, 0.5) is 5.69 Å². The van der Waals surface area contributed by atoms with Gasteiger partial charge in [-0.1, -0.05) is 6.07 Å². The van der Waals surface area contributed by atoms with Gasteiger partial charge in [0.05, 0.1) is 6.07 Å². The van der Waals surface area contributed by atoms with Crippen LogP contribution in [0, 0.1) is 18.3 Å². The summed E-state index contributed by atoms with van der Waals surface area (Å²) >= 11 is 1.77. The lowest BCUT2D eigenvalue weighted by Crippen LogP contribution is -1.88. The molecule has 0 saturated heterocycles. The zero-order chi connectivity index (χ0) is 10.4. The van der Waals surface area contributed by atoms with Crippen molar-refractivity contribution in [2.24, 2.45) is 0 Å². The van der Waals surface area contributed by atoms with Gasteiger partial charge < -0.3 is 5.73 Å². The molecule has 0 unspecified atom stereocenters. The van der Waals surface area contributed by atoms with Crippen molar-refractivity contribution in [3.63, 3.8) is 0 Å². The molecule has 74 valence electrons. The van der Waals surface area contributed by atoms with E-state index in [-0.39, 0.29) is 0 Å². The molecule has 2 nitrogen and oxygen atoms in total. The molecule has 0 aromatic heterocycles. The highest BCUT2D eigenvalue weighted by atomic mass is 32.2. The van der Waals surface area contributed by atoms with Crippen molar-refractivity contribution in [1.29, 1.82) is 5.26 Å². The zero-order valence-electron chi connectivity index (χ0n) is 8.29. The van der Waals surface area contributed by atoms with Crippen LogP contribution in [-0.2, 0) is 0 Å². The van der Waals surface area contributed by atoms with E-state index >= 15 is 0 Å². The van der Waals surface area contributed by atoms with E-state index in [1.807, 2.05) is 18.2 Å². The largest absolute Gasteiger partial charge is 0.399 e. The first-order chi connectivity index (χ1) is 6.74. The number of hydrogen-bond donors (Lipinski definition) is 1. The van der Waals surface area contributed by atoms with Crippen LogP contribution < -0.4 is 5.73 Å². The van der Waals surface area contributed by atoms with Crippen molar-refractivity contribution in [1.82, 2.24) is 0 Å². The van der Waals surface area contributed by atoms with Gasteiger partial charge in [0.15, 0.2) is 0 Å². The van der Waals surface area contributed by atoms with Crippen molar-refractivity contribution in [3.8, 4) is 6.07 Å². The van der Waals surface area contributed by atoms with Crippen LogP contribution in [0.25, 0.3) is 0 Å². The summed E-state index contributed by atoms with van der Waals surface area (Å²) < 4.78 is 0. The van der Waals surface area contributed by atoms with Crippen LogP contribution >= 0.6 is 11.8 Å². The van der Waals surface area contributed by atoms with Crippen LogP contribution in [-0.4, -0.2) is 5.75 Å². The van der Waals surface area contributed by atoms with Crippen molar-refractivity contribution in [3.05, 3.63) is 23.8 Å². The average molecular weight is 206 g/mol. The Morgan fingerprint density at radius 3 is 3.00 bits per heavy atom. The molecule has 0 aliphatic heterocycles. The maximum atomic E-state index is 8.38. The molecule has 0 bridgehead atoms. The maximum absolute atomic E-state index is 8.38. The number of nitrogen functional groups attached to an aromatic ring is 1. The summed E-state index contributed by atoms with van der Waals surface area (Å²) in [6, 6.07) is 8.08. The lowest BCUT2D eigenvalue weighted by Gasteiger charge is -2.05. The molecule has 0 atom stereocenters. The number of rotatable bonds is 4. The molecule has 0 amide bonds. The van der Waals surface area contributed by atoms with Gasteiger partial charge in [-0.15, -0.1) is 11.8 Å². The minimum atomic E-state index is 0.633. The lowest BCUT2D eigenvalue weighted by atomic mass is 10.2. The van der Waals surface area contributed by atoms with E-state index in [0.29, 0.717) is 6.42 Å². The molecule has 0 aliphatic carbocycles. The Kier molecular flexibility index (Phi) is 4.34. The van der Waals surface area contributed by atoms with Crippen LogP contribution in [0.1, 0.15) is 18.4 Å². The molecular weight excluding hydrogens is 192 g/mol. The van der Waals surface area contributed by atoms with Crippen molar-refractivity contribution in [2.45, 2.75) is 24.7 Å². The molecule has 0 spiro atoms. The molecular formula is C11H14N2S. The predicted molar refractivity (Wildman–Crippen MR) is 61.2 cm³/mol. The van der Waals surface area contributed by atoms with E-state index < -0.39 is 0 Å². The second-order valence-corrected chi connectivity index (χ2v) is 4.27. The van der Waals surface area contributed by atoms with E-state index in [0.717, 1.165) is 17.9 Å². The van der Waals surface area contributed by atoms with Crippen molar-refractivity contribution in [2.75, 3.05) is 11.5 Å². The molecule has 0 aliphatic rings.